The Bertz CT molecular complexity index is 1130. The van der Waals surface area contributed by atoms with Crippen LogP contribution in [0.25, 0.3) is 6.08 Å². The summed E-state index contributed by atoms with van der Waals surface area (Å²) >= 11 is 6.07. The molecule has 0 radical (unpaired) electrons. The van der Waals surface area contributed by atoms with Gasteiger partial charge in [0.25, 0.3) is 5.91 Å². The Morgan fingerprint density at radius 1 is 1.00 bits per heavy atom. The van der Waals surface area contributed by atoms with Gasteiger partial charge in [-0.15, -0.1) is 0 Å². The SMILES string of the molecule is O=C(/C=C\c1ccccc1)C[C@@]1(O)C(=O)N(Cc2cccc(Cl)c2)c2ccccc21. The van der Waals surface area contributed by atoms with E-state index in [0.29, 0.717) is 16.3 Å². The van der Waals surface area contributed by atoms with Gasteiger partial charge in [0.05, 0.1) is 18.7 Å². The largest absolute Gasteiger partial charge is 0.375 e. The molecule has 150 valence electrons. The van der Waals surface area contributed by atoms with Gasteiger partial charge in [0.1, 0.15) is 0 Å². The molecule has 4 rings (SSSR count). The third-order valence-electron chi connectivity index (χ3n) is 5.16. The monoisotopic (exact) mass is 417 g/mol. The standard InChI is InChI=1S/C25H20ClNO3/c26-20-10-6-9-19(15-20)17-27-23-12-5-4-11-22(23)25(30,24(27)29)16-21(28)14-13-18-7-2-1-3-8-18/h1-15,30H,16-17H2/b14-13-/t25-/m0/s1. The van der Waals surface area contributed by atoms with Gasteiger partial charge < -0.3 is 10.0 Å². The van der Waals surface area contributed by atoms with Gasteiger partial charge in [-0.25, -0.2) is 0 Å². The van der Waals surface area contributed by atoms with Crippen LogP contribution in [-0.2, 0) is 21.7 Å². The van der Waals surface area contributed by atoms with Crippen molar-refractivity contribution in [3.8, 4) is 0 Å². The highest BCUT2D eigenvalue weighted by atomic mass is 35.5. The van der Waals surface area contributed by atoms with Gasteiger partial charge in [0, 0.05) is 10.6 Å². The molecule has 1 amide bonds. The molecule has 0 spiro atoms. The normalized spacial score (nSPS) is 18.1. The van der Waals surface area contributed by atoms with E-state index in [1.54, 1.807) is 42.5 Å². The Balaban J connectivity index is 1.60. The third kappa shape index (κ3) is 3.92. The van der Waals surface area contributed by atoms with Crippen LogP contribution in [-0.4, -0.2) is 16.8 Å². The van der Waals surface area contributed by atoms with E-state index in [9.17, 15) is 14.7 Å². The zero-order valence-corrected chi connectivity index (χ0v) is 16.9. The average molecular weight is 418 g/mol. The first-order valence-corrected chi connectivity index (χ1v) is 9.99. The predicted molar refractivity (Wildman–Crippen MR) is 118 cm³/mol. The van der Waals surface area contributed by atoms with Crippen LogP contribution in [0.3, 0.4) is 0 Å². The van der Waals surface area contributed by atoms with E-state index < -0.39 is 11.5 Å². The minimum atomic E-state index is -1.90. The van der Waals surface area contributed by atoms with E-state index in [-0.39, 0.29) is 18.7 Å². The number of aliphatic hydroxyl groups is 1. The fraction of sp³-hybridized carbons (Fsp3) is 0.120. The first-order valence-electron chi connectivity index (χ1n) is 9.62. The van der Waals surface area contributed by atoms with Crippen LogP contribution in [0.2, 0.25) is 5.02 Å². The van der Waals surface area contributed by atoms with Crippen LogP contribution in [0.15, 0.2) is 84.9 Å². The summed E-state index contributed by atoms with van der Waals surface area (Å²) in [6.45, 7) is 0.257. The molecule has 3 aromatic carbocycles. The first kappa shape index (κ1) is 20.1. The number of fused-ring (bicyclic) bond motifs is 1. The molecule has 0 aromatic heterocycles. The van der Waals surface area contributed by atoms with Crippen molar-refractivity contribution in [3.63, 3.8) is 0 Å². The number of para-hydroxylation sites is 1. The van der Waals surface area contributed by atoms with Crippen molar-refractivity contribution in [3.05, 3.63) is 107 Å². The van der Waals surface area contributed by atoms with Crippen LogP contribution in [0.4, 0.5) is 5.69 Å². The molecule has 1 heterocycles. The zero-order chi connectivity index (χ0) is 21.1. The molecular weight excluding hydrogens is 398 g/mol. The van der Waals surface area contributed by atoms with E-state index in [1.807, 2.05) is 42.5 Å². The second-order valence-electron chi connectivity index (χ2n) is 7.29. The van der Waals surface area contributed by atoms with Gasteiger partial charge in [-0.2, -0.15) is 0 Å². The Morgan fingerprint density at radius 2 is 1.73 bits per heavy atom. The molecule has 0 bridgehead atoms. The minimum absolute atomic E-state index is 0.257. The van der Waals surface area contributed by atoms with Crippen LogP contribution < -0.4 is 4.90 Å². The van der Waals surface area contributed by atoms with Crippen molar-refractivity contribution in [2.24, 2.45) is 0 Å². The summed E-state index contributed by atoms with van der Waals surface area (Å²) in [5.74, 6) is -0.834. The number of allylic oxidation sites excluding steroid dienone is 1. The molecule has 5 heteroatoms. The number of anilines is 1. The number of benzene rings is 3. The van der Waals surface area contributed by atoms with Crippen molar-refractivity contribution >= 4 is 35.1 Å². The molecule has 1 atom stereocenters. The zero-order valence-electron chi connectivity index (χ0n) is 16.2. The Labute approximate surface area is 180 Å². The number of ketones is 1. The molecule has 30 heavy (non-hydrogen) atoms. The summed E-state index contributed by atoms with van der Waals surface area (Å²) in [6, 6.07) is 23.7. The molecule has 1 N–H and O–H groups in total. The van der Waals surface area contributed by atoms with Gasteiger partial charge in [0.2, 0.25) is 0 Å². The molecule has 0 aliphatic carbocycles. The van der Waals surface area contributed by atoms with Crippen molar-refractivity contribution in [2.45, 2.75) is 18.6 Å². The number of carbonyl (C=O) groups excluding carboxylic acids is 2. The molecule has 0 saturated carbocycles. The number of rotatable bonds is 6. The summed E-state index contributed by atoms with van der Waals surface area (Å²) < 4.78 is 0. The number of hydrogen-bond acceptors (Lipinski definition) is 3. The van der Waals surface area contributed by atoms with E-state index in [2.05, 4.69) is 0 Å². The lowest BCUT2D eigenvalue weighted by molar-refractivity contribution is -0.140. The third-order valence-corrected chi connectivity index (χ3v) is 5.40. The maximum absolute atomic E-state index is 13.2. The van der Waals surface area contributed by atoms with E-state index >= 15 is 0 Å². The van der Waals surface area contributed by atoms with Gasteiger partial charge in [-0.3, -0.25) is 9.59 Å². The Hall–Kier alpha value is -3.21. The number of amides is 1. The van der Waals surface area contributed by atoms with Crippen LogP contribution >= 0.6 is 11.6 Å². The lowest BCUT2D eigenvalue weighted by atomic mass is 9.89. The smallest absolute Gasteiger partial charge is 0.264 e. The summed E-state index contributed by atoms with van der Waals surface area (Å²) in [5.41, 5.74) is 0.861. The summed E-state index contributed by atoms with van der Waals surface area (Å²) in [7, 11) is 0. The van der Waals surface area contributed by atoms with E-state index in [4.69, 9.17) is 11.6 Å². The molecule has 4 nitrogen and oxygen atoms in total. The summed E-state index contributed by atoms with van der Waals surface area (Å²) in [4.78, 5) is 27.4. The molecule has 3 aromatic rings. The summed E-state index contributed by atoms with van der Waals surface area (Å²) in [5, 5.41) is 11.9. The fourth-order valence-electron chi connectivity index (χ4n) is 3.72. The van der Waals surface area contributed by atoms with E-state index in [1.165, 1.54) is 11.0 Å². The lowest BCUT2D eigenvalue weighted by Crippen LogP contribution is -2.41. The maximum Gasteiger partial charge on any atom is 0.264 e. The first-order chi connectivity index (χ1) is 14.5. The topological polar surface area (TPSA) is 57.6 Å². The molecule has 1 aliphatic rings. The molecule has 0 fully saturated rings. The molecule has 1 aliphatic heterocycles. The minimum Gasteiger partial charge on any atom is -0.375 e. The highest BCUT2D eigenvalue weighted by Crippen LogP contribution is 2.43. The Kier molecular flexibility index (Phi) is 5.53. The van der Waals surface area contributed by atoms with Crippen molar-refractivity contribution < 1.29 is 14.7 Å². The highest BCUT2D eigenvalue weighted by molar-refractivity contribution is 6.30. The molecule has 0 saturated heterocycles. The van der Waals surface area contributed by atoms with Crippen molar-refractivity contribution in [1.82, 2.24) is 0 Å². The number of nitrogens with zero attached hydrogens (tertiary/aromatic N) is 1. The molecule has 0 unspecified atom stereocenters. The Morgan fingerprint density at radius 3 is 2.50 bits per heavy atom. The molecular formula is C25H20ClNO3. The van der Waals surface area contributed by atoms with Crippen LogP contribution in [0.1, 0.15) is 23.1 Å². The number of hydrogen-bond donors (Lipinski definition) is 1. The quantitative estimate of drug-likeness (QED) is 0.589. The lowest BCUT2D eigenvalue weighted by Gasteiger charge is -2.22. The van der Waals surface area contributed by atoms with Crippen LogP contribution in [0, 0.1) is 0 Å². The maximum atomic E-state index is 13.2. The highest BCUT2D eigenvalue weighted by Gasteiger charge is 2.50. The van der Waals surface area contributed by atoms with Gasteiger partial charge in [-0.1, -0.05) is 78.3 Å². The van der Waals surface area contributed by atoms with Crippen molar-refractivity contribution in [1.29, 1.82) is 0 Å². The van der Waals surface area contributed by atoms with E-state index in [0.717, 1.165) is 11.1 Å². The van der Waals surface area contributed by atoms with Crippen molar-refractivity contribution in [2.75, 3.05) is 4.90 Å². The second-order valence-corrected chi connectivity index (χ2v) is 7.72. The second kappa shape index (κ2) is 8.27. The van der Waals surface area contributed by atoms with Gasteiger partial charge >= 0.3 is 0 Å². The summed E-state index contributed by atoms with van der Waals surface area (Å²) in [6.07, 6.45) is 2.77. The van der Waals surface area contributed by atoms with Gasteiger partial charge in [-0.05, 0) is 35.4 Å². The fourth-order valence-corrected chi connectivity index (χ4v) is 3.93. The number of halogens is 1. The average Bonchev–Trinajstić information content (AvgIpc) is 2.95. The predicted octanol–water partition coefficient (Wildman–Crippen LogP) is 4.75. The number of carbonyl (C=O) groups is 2. The van der Waals surface area contributed by atoms with Crippen LogP contribution in [0.5, 0.6) is 0 Å². The van der Waals surface area contributed by atoms with Gasteiger partial charge in [0.15, 0.2) is 11.4 Å².